The molecule has 0 rings (SSSR count). The first-order valence-corrected chi connectivity index (χ1v) is 22.1. The quantitative estimate of drug-likeness (QED) is 0.0340. The Hall–Kier alpha value is -1.18. The molecule has 0 radical (unpaired) electrons. The second kappa shape index (κ2) is 35.6. The predicted molar refractivity (Wildman–Crippen MR) is 207 cm³/mol. The molecule has 2 atom stereocenters. The molecule has 0 aliphatic carbocycles. The van der Waals surface area contributed by atoms with Crippen LogP contribution in [-0.4, -0.2) is 41.9 Å². The largest absolute Gasteiger partial charge is 0.391 e. The molecule has 1 amide bonds. The third kappa shape index (κ3) is 36.1. The molecule has 6 nitrogen and oxygen atoms in total. The standard InChI is InChI=1S/C41H79NO5S/c1-3-5-7-9-11-13-15-17-18-19-20-21-22-23-25-26-28-30-32-34-36-40(43)39(38-48(45,46)47)42-41(44)37-35-33-31-29-27-24-16-14-12-10-8-6-4-2/h8,10,14,16,39-40,43H,3-7,9,11-13,15,17-38H2,1-2H3,(H,42,44)(H,45,46,47)/b10-8-,16-14-. The van der Waals surface area contributed by atoms with Gasteiger partial charge in [-0.15, -0.1) is 0 Å². The van der Waals surface area contributed by atoms with E-state index in [9.17, 15) is 22.9 Å². The van der Waals surface area contributed by atoms with E-state index < -0.39 is 28.0 Å². The summed E-state index contributed by atoms with van der Waals surface area (Å²) in [5.41, 5.74) is 0. The molecule has 48 heavy (non-hydrogen) atoms. The number of nitrogens with one attached hydrogen (secondary N) is 1. The third-order valence-electron chi connectivity index (χ3n) is 9.39. The van der Waals surface area contributed by atoms with Gasteiger partial charge in [-0.1, -0.05) is 192 Å². The van der Waals surface area contributed by atoms with Gasteiger partial charge in [0.1, 0.15) is 0 Å². The van der Waals surface area contributed by atoms with Crippen LogP contribution in [0.15, 0.2) is 24.3 Å². The van der Waals surface area contributed by atoms with E-state index in [0.717, 1.165) is 70.6 Å². The Morgan fingerprint density at radius 1 is 0.562 bits per heavy atom. The first kappa shape index (κ1) is 46.8. The van der Waals surface area contributed by atoms with Gasteiger partial charge in [0, 0.05) is 6.42 Å². The van der Waals surface area contributed by atoms with Crippen molar-refractivity contribution in [2.24, 2.45) is 0 Å². The molecule has 0 aromatic rings. The summed E-state index contributed by atoms with van der Waals surface area (Å²) in [5, 5.41) is 13.3. The molecule has 0 spiro atoms. The Kier molecular flexibility index (Phi) is 34.8. The van der Waals surface area contributed by atoms with Crippen molar-refractivity contribution in [3.8, 4) is 0 Å². The van der Waals surface area contributed by atoms with Gasteiger partial charge in [0.25, 0.3) is 10.1 Å². The third-order valence-corrected chi connectivity index (χ3v) is 10.2. The van der Waals surface area contributed by atoms with Gasteiger partial charge < -0.3 is 10.4 Å². The zero-order chi connectivity index (χ0) is 35.4. The molecule has 0 aromatic heterocycles. The normalized spacial score (nSPS) is 13.5. The van der Waals surface area contributed by atoms with Crippen molar-refractivity contribution in [3.05, 3.63) is 24.3 Å². The molecular weight excluding hydrogens is 619 g/mol. The second-order valence-electron chi connectivity index (χ2n) is 14.3. The number of carbonyl (C=O) groups is 1. The van der Waals surface area contributed by atoms with Crippen molar-refractivity contribution in [1.82, 2.24) is 5.32 Å². The highest BCUT2D eigenvalue weighted by Crippen LogP contribution is 2.16. The molecule has 0 heterocycles. The summed E-state index contributed by atoms with van der Waals surface area (Å²) in [6, 6.07) is -0.976. The summed E-state index contributed by atoms with van der Waals surface area (Å²) in [4.78, 5) is 12.5. The van der Waals surface area contributed by atoms with Gasteiger partial charge >= 0.3 is 0 Å². The average molecular weight is 698 g/mol. The van der Waals surface area contributed by atoms with Crippen molar-refractivity contribution >= 4 is 16.0 Å². The van der Waals surface area contributed by atoms with Crippen LogP contribution in [0.2, 0.25) is 0 Å². The monoisotopic (exact) mass is 698 g/mol. The summed E-state index contributed by atoms with van der Waals surface area (Å²) in [6.45, 7) is 4.46. The maximum Gasteiger partial charge on any atom is 0.266 e. The molecule has 3 N–H and O–H groups in total. The van der Waals surface area contributed by atoms with Crippen LogP contribution in [0.4, 0.5) is 0 Å². The molecule has 0 aliphatic heterocycles. The molecular formula is C41H79NO5S. The number of amides is 1. The minimum Gasteiger partial charge on any atom is -0.391 e. The predicted octanol–water partition coefficient (Wildman–Crippen LogP) is 12.0. The summed E-state index contributed by atoms with van der Waals surface area (Å²) >= 11 is 0. The Morgan fingerprint density at radius 3 is 1.44 bits per heavy atom. The van der Waals surface area contributed by atoms with E-state index in [1.54, 1.807) is 0 Å². The van der Waals surface area contributed by atoms with E-state index in [2.05, 4.69) is 43.5 Å². The highest BCUT2D eigenvalue weighted by molar-refractivity contribution is 7.85. The lowest BCUT2D eigenvalue weighted by Gasteiger charge is -2.23. The lowest BCUT2D eigenvalue weighted by Crippen LogP contribution is -2.47. The molecule has 284 valence electrons. The van der Waals surface area contributed by atoms with Crippen LogP contribution in [-0.2, 0) is 14.9 Å². The van der Waals surface area contributed by atoms with E-state index in [1.165, 1.54) is 116 Å². The fourth-order valence-corrected chi connectivity index (χ4v) is 7.08. The van der Waals surface area contributed by atoms with Crippen LogP contribution in [0.25, 0.3) is 0 Å². The Bertz CT molecular complexity index is 857. The van der Waals surface area contributed by atoms with Gasteiger partial charge in [-0.25, -0.2) is 0 Å². The van der Waals surface area contributed by atoms with Gasteiger partial charge in [0.2, 0.25) is 5.91 Å². The van der Waals surface area contributed by atoms with Crippen molar-refractivity contribution in [2.75, 3.05) is 5.75 Å². The Morgan fingerprint density at radius 2 is 0.979 bits per heavy atom. The Balaban J connectivity index is 3.83. The van der Waals surface area contributed by atoms with Gasteiger partial charge in [-0.05, 0) is 38.5 Å². The van der Waals surface area contributed by atoms with Gasteiger partial charge in [-0.2, -0.15) is 8.42 Å². The molecule has 0 aliphatic rings. The summed E-state index contributed by atoms with van der Waals surface area (Å²) in [6.07, 6.45) is 44.2. The van der Waals surface area contributed by atoms with E-state index in [0.29, 0.717) is 12.8 Å². The van der Waals surface area contributed by atoms with Crippen LogP contribution in [0.3, 0.4) is 0 Å². The Labute approximate surface area is 298 Å². The lowest BCUT2D eigenvalue weighted by molar-refractivity contribution is -0.122. The number of hydrogen-bond acceptors (Lipinski definition) is 4. The van der Waals surface area contributed by atoms with E-state index >= 15 is 0 Å². The maximum atomic E-state index is 12.5. The smallest absolute Gasteiger partial charge is 0.266 e. The highest BCUT2D eigenvalue weighted by Gasteiger charge is 2.26. The van der Waals surface area contributed by atoms with Crippen LogP contribution >= 0.6 is 0 Å². The second-order valence-corrected chi connectivity index (χ2v) is 15.8. The topological polar surface area (TPSA) is 104 Å². The van der Waals surface area contributed by atoms with Crippen molar-refractivity contribution in [3.63, 3.8) is 0 Å². The summed E-state index contributed by atoms with van der Waals surface area (Å²) < 4.78 is 32.5. The number of unbranched alkanes of at least 4 members (excludes halogenated alkanes) is 25. The SMILES string of the molecule is CCC/C=C\C/C=C\CCCCCCCC(=O)NC(CS(=O)(=O)O)C(O)CCCCCCCCCCCCCCCCCCCCCC. The maximum absolute atomic E-state index is 12.5. The number of carbonyl (C=O) groups excluding carboxylic acids is 1. The molecule has 0 saturated carbocycles. The number of hydrogen-bond donors (Lipinski definition) is 3. The lowest BCUT2D eigenvalue weighted by atomic mass is 10.0. The minimum atomic E-state index is -4.31. The van der Waals surface area contributed by atoms with E-state index in [-0.39, 0.29) is 5.91 Å². The number of allylic oxidation sites excluding steroid dienone is 4. The number of aliphatic hydroxyl groups excluding tert-OH is 1. The molecule has 7 heteroatoms. The fourth-order valence-electron chi connectivity index (χ4n) is 6.32. The van der Waals surface area contributed by atoms with Gasteiger partial charge in [0.15, 0.2) is 0 Å². The molecule has 2 unspecified atom stereocenters. The molecule has 0 fully saturated rings. The van der Waals surface area contributed by atoms with Crippen LogP contribution < -0.4 is 5.32 Å². The van der Waals surface area contributed by atoms with Gasteiger partial charge in [0.05, 0.1) is 17.9 Å². The fraction of sp³-hybridized carbons (Fsp3) is 0.878. The summed E-state index contributed by atoms with van der Waals surface area (Å²) in [5.74, 6) is -0.911. The van der Waals surface area contributed by atoms with Crippen molar-refractivity contribution < 1.29 is 22.9 Å². The van der Waals surface area contributed by atoms with Gasteiger partial charge in [-0.3, -0.25) is 9.35 Å². The summed E-state index contributed by atoms with van der Waals surface area (Å²) in [7, 11) is -4.31. The van der Waals surface area contributed by atoms with Crippen molar-refractivity contribution in [1.29, 1.82) is 0 Å². The van der Waals surface area contributed by atoms with E-state index in [4.69, 9.17) is 0 Å². The molecule has 0 aromatic carbocycles. The first-order valence-electron chi connectivity index (χ1n) is 20.5. The minimum absolute atomic E-state index is 0.259. The number of aliphatic hydroxyl groups is 1. The molecule has 0 bridgehead atoms. The average Bonchev–Trinajstić information content (AvgIpc) is 3.05. The van der Waals surface area contributed by atoms with Crippen LogP contribution in [0.1, 0.15) is 213 Å². The molecule has 0 saturated heterocycles. The zero-order valence-corrected chi connectivity index (χ0v) is 32.4. The van der Waals surface area contributed by atoms with Crippen LogP contribution in [0, 0.1) is 0 Å². The number of rotatable bonds is 37. The highest BCUT2D eigenvalue weighted by atomic mass is 32.2. The van der Waals surface area contributed by atoms with E-state index in [1.807, 2.05) is 0 Å². The zero-order valence-electron chi connectivity index (χ0n) is 31.6. The first-order chi connectivity index (χ1) is 23.3. The van der Waals surface area contributed by atoms with Crippen LogP contribution in [0.5, 0.6) is 0 Å². The van der Waals surface area contributed by atoms with Crippen molar-refractivity contribution in [2.45, 2.75) is 225 Å².